The van der Waals surface area contributed by atoms with Crippen LogP contribution < -0.4 is 0 Å². The summed E-state index contributed by atoms with van der Waals surface area (Å²) in [6, 6.07) is 9.58. The molecule has 0 aliphatic carbocycles. The van der Waals surface area contributed by atoms with E-state index >= 15 is 0 Å². The van der Waals surface area contributed by atoms with Crippen molar-refractivity contribution in [1.29, 1.82) is 0 Å². The van der Waals surface area contributed by atoms with Gasteiger partial charge in [0.15, 0.2) is 0 Å². The van der Waals surface area contributed by atoms with Gasteiger partial charge in [0, 0.05) is 0 Å². The number of aliphatic hydroxyl groups excluding tert-OH is 1. The predicted molar refractivity (Wildman–Crippen MR) is 61.5 cm³/mol. The maximum atomic E-state index is 9.72. The van der Waals surface area contributed by atoms with Crippen molar-refractivity contribution in [2.24, 2.45) is 0 Å². The molecule has 0 saturated heterocycles. The maximum Gasteiger partial charge on any atom is 0.112 e. The van der Waals surface area contributed by atoms with Crippen molar-refractivity contribution in [1.82, 2.24) is 0 Å². The fourth-order valence-electron chi connectivity index (χ4n) is 1.33. The summed E-state index contributed by atoms with van der Waals surface area (Å²) in [5.41, 5.74) is 0.937. The van der Waals surface area contributed by atoms with Crippen molar-refractivity contribution >= 4 is 0 Å². The van der Waals surface area contributed by atoms with Gasteiger partial charge in [-0.2, -0.15) is 0 Å². The molecule has 2 heteroatoms. The number of hydrogen-bond donors (Lipinski definition) is 1. The lowest BCUT2D eigenvalue weighted by atomic mass is 10.0. The summed E-state index contributed by atoms with van der Waals surface area (Å²) in [5, 5.41) is 9.72. The van der Waals surface area contributed by atoms with E-state index < -0.39 is 6.10 Å². The maximum absolute atomic E-state index is 9.72. The smallest absolute Gasteiger partial charge is 0.112 e. The Morgan fingerprint density at radius 3 is 2.47 bits per heavy atom. The molecule has 15 heavy (non-hydrogen) atoms. The summed E-state index contributed by atoms with van der Waals surface area (Å²) < 4.78 is 5.49. The van der Waals surface area contributed by atoms with E-state index in [2.05, 4.69) is 13.2 Å². The van der Waals surface area contributed by atoms with Crippen LogP contribution in [-0.4, -0.2) is 17.8 Å². The van der Waals surface area contributed by atoms with Crippen molar-refractivity contribution in [3.63, 3.8) is 0 Å². The first-order valence-corrected chi connectivity index (χ1v) is 4.87. The number of hydrogen-bond acceptors (Lipinski definition) is 2. The Morgan fingerprint density at radius 2 is 1.93 bits per heavy atom. The summed E-state index contributed by atoms with van der Waals surface area (Å²) in [6.45, 7) is 7.55. The van der Waals surface area contributed by atoms with Gasteiger partial charge in [0.05, 0.1) is 6.61 Å². The van der Waals surface area contributed by atoms with E-state index in [1.807, 2.05) is 30.3 Å². The van der Waals surface area contributed by atoms with Crippen LogP contribution in [-0.2, 0) is 4.74 Å². The van der Waals surface area contributed by atoms with Gasteiger partial charge >= 0.3 is 0 Å². The number of aliphatic hydroxyl groups is 1. The Balaban J connectivity index is 2.80. The Bertz CT molecular complexity index is 306. The third-order valence-electron chi connectivity index (χ3n) is 2.07. The first-order chi connectivity index (χ1) is 7.29. The van der Waals surface area contributed by atoms with E-state index in [0.717, 1.165) is 5.56 Å². The van der Waals surface area contributed by atoms with Crippen LogP contribution in [0.4, 0.5) is 0 Å². The molecule has 2 nitrogen and oxygen atoms in total. The van der Waals surface area contributed by atoms with E-state index in [9.17, 15) is 5.11 Å². The quantitative estimate of drug-likeness (QED) is 0.721. The lowest BCUT2D eigenvalue weighted by Crippen LogP contribution is -2.19. The fraction of sp³-hybridized carbons (Fsp3) is 0.231. The molecule has 0 saturated carbocycles. The summed E-state index contributed by atoms with van der Waals surface area (Å²) >= 11 is 0. The van der Waals surface area contributed by atoms with Crippen LogP contribution in [0.3, 0.4) is 0 Å². The molecule has 0 aliphatic rings. The second-order valence-electron chi connectivity index (χ2n) is 3.18. The highest BCUT2D eigenvalue weighted by Crippen LogP contribution is 2.21. The van der Waals surface area contributed by atoms with E-state index in [4.69, 9.17) is 4.74 Å². The minimum Gasteiger partial charge on any atom is -0.386 e. The van der Waals surface area contributed by atoms with Crippen molar-refractivity contribution in [3.8, 4) is 0 Å². The largest absolute Gasteiger partial charge is 0.386 e. The van der Waals surface area contributed by atoms with Gasteiger partial charge in [-0.1, -0.05) is 42.5 Å². The van der Waals surface area contributed by atoms with E-state index in [1.54, 1.807) is 6.08 Å². The molecule has 0 aliphatic heterocycles. The van der Waals surface area contributed by atoms with Crippen molar-refractivity contribution in [2.75, 3.05) is 6.61 Å². The lowest BCUT2D eigenvalue weighted by Gasteiger charge is -2.20. The van der Waals surface area contributed by atoms with Crippen molar-refractivity contribution in [3.05, 3.63) is 61.2 Å². The molecule has 0 unspecified atom stereocenters. The molecule has 0 bridgehead atoms. The van der Waals surface area contributed by atoms with Gasteiger partial charge < -0.3 is 9.84 Å². The predicted octanol–water partition coefficient (Wildman–Crippen LogP) is 2.48. The van der Waals surface area contributed by atoms with Crippen molar-refractivity contribution in [2.45, 2.75) is 12.2 Å². The van der Waals surface area contributed by atoms with Gasteiger partial charge in [0.1, 0.15) is 12.2 Å². The van der Waals surface area contributed by atoms with Crippen molar-refractivity contribution < 1.29 is 9.84 Å². The molecule has 1 rings (SSSR count). The average molecular weight is 204 g/mol. The Morgan fingerprint density at radius 1 is 1.27 bits per heavy atom. The third kappa shape index (κ3) is 3.35. The van der Waals surface area contributed by atoms with E-state index in [1.165, 1.54) is 6.08 Å². The van der Waals surface area contributed by atoms with E-state index in [0.29, 0.717) is 6.61 Å². The summed E-state index contributed by atoms with van der Waals surface area (Å²) in [4.78, 5) is 0. The number of ether oxygens (including phenoxy) is 1. The highest BCUT2D eigenvalue weighted by atomic mass is 16.5. The molecule has 1 aromatic carbocycles. The van der Waals surface area contributed by atoms with Crippen LogP contribution in [0.1, 0.15) is 11.7 Å². The molecule has 0 amide bonds. The van der Waals surface area contributed by atoms with Gasteiger partial charge in [-0.05, 0) is 5.56 Å². The fourth-order valence-corrected chi connectivity index (χ4v) is 1.33. The van der Waals surface area contributed by atoms with E-state index in [-0.39, 0.29) is 6.10 Å². The summed E-state index contributed by atoms with van der Waals surface area (Å²) in [5.74, 6) is 0. The molecule has 2 atom stereocenters. The second kappa shape index (κ2) is 6.17. The summed E-state index contributed by atoms with van der Waals surface area (Å²) in [7, 11) is 0. The van der Waals surface area contributed by atoms with Gasteiger partial charge in [0.25, 0.3) is 0 Å². The minimum atomic E-state index is -0.702. The molecule has 0 spiro atoms. The first kappa shape index (κ1) is 11.7. The van der Waals surface area contributed by atoms with Crippen LogP contribution >= 0.6 is 0 Å². The third-order valence-corrected chi connectivity index (χ3v) is 2.07. The number of rotatable bonds is 6. The molecule has 0 fully saturated rings. The van der Waals surface area contributed by atoms with Gasteiger partial charge in [-0.3, -0.25) is 0 Å². The van der Waals surface area contributed by atoms with Crippen LogP contribution in [0.2, 0.25) is 0 Å². The number of benzene rings is 1. The van der Waals surface area contributed by atoms with Crippen LogP contribution in [0.5, 0.6) is 0 Å². The topological polar surface area (TPSA) is 29.5 Å². The molecular formula is C13H16O2. The highest BCUT2D eigenvalue weighted by Gasteiger charge is 2.18. The lowest BCUT2D eigenvalue weighted by molar-refractivity contribution is -0.00617. The Labute approximate surface area is 90.5 Å². The monoisotopic (exact) mass is 204 g/mol. The zero-order chi connectivity index (χ0) is 11.1. The minimum absolute atomic E-state index is 0.373. The zero-order valence-corrected chi connectivity index (χ0v) is 8.67. The Hall–Kier alpha value is -1.38. The highest BCUT2D eigenvalue weighted by molar-refractivity contribution is 5.20. The Kier molecular flexibility index (Phi) is 4.81. The molecular weight excluding hydrogens is 188 g/mol. The standard InChI is InChI=1S/C13H16O2/c1-3-10-15-13(12(14)4-2)11-8-6-5-7-9-11/h3-9,12-14H,1-2,10H2/t12-,13-/m1/s1. The molecule has 0 radical (unpaired) electrons. The van der Waals surface area contributed by atoms with Gasteiger partial charge in [0.2, 0.25) is 0 Å². The SMILES string of the molecule is C=CCO[C@H](c1ccccc1)[C@H](O)C=C. The van der Waals surface area contributed by atoms with Crippen LogP contribution in [0.15, 0.2) is 55.6 Å². The van der Waals surface area contributed by atoms with Gasteiger partial charge in [-0.25, -0.2) is 0 Å². The molecule has 0 aromatic heterocycles. The van der Waals surface area contributed by atoms with Crippen LogP contribution in [0, 0.1) is 0 Å². The van der Waals surface area contributed by atoms with Crippen LogP contribution in [0.25, 0.3) is 0 Å². The normalized spacial score (nSPS) is 14.2. The molecule has 1 aromatic rings. The van der Waals surface area contributed by atoms with Gasteiger partial charge in [-0.15, -0.1) is 13.2 Å². The first-order valence-electron chi connectivity index (χ1n) is 4.87. The molecule has 1 N–H and O–H groups in total. The zero-order valence-electron chi connectivity index (χ0n) is 8.67. The second-order valence-corrected chi connectivity index (χ2v) is 3.18. The summed E-state index contributed by atoms with van der Waals surface area (Å²) in [6.07, 6.45) is 2.06. The average Bonchev–Trinajstić information content (AvgIpc) is 2.30. The molecule has 80 valence electrons. The molecule has 0 heterocycles.